The number of nitrogens with zero attached hydrogens (tertiary/aromatic N) is 1. The van der Waals surface area contributed by atoms with E-state index in [4.69, 9.17) is 0 Å². The molecule has 0 unspecified atom stereocenters. The number of aliphatic carboxylic acids is 1. The third-order valence-corrected chi connectivity index (χ3v) is 4.81. The lowest BCUT2D eigenvalue weighted by molar-refractivity contribution is -0.141. The lowest BCUT2D eigenvalue weighted by Crippen LogP contribution is -2.40. The van der Waals surface area contributed by atoms with E-state index in [1.54, 1.807) is 0 Å². The number of benzene rings is 1. The Labute approximate surface area is 136 Å². The summed E-state index contributed by atoms with van der Waals surface area (Å²) in [4.78, 5) is 13.8. The van der Waals surface area contributed by atoms with E-state index in [1.807, 2.05) is 18.2 Å². The molecule has 1 fully saturated rings. The third kappa shape index (κ3) is 3.43. The molecule has 0 aliphatic carbocycles. The van der Waals surface area contributed by atoms with Crippen LogP contribution in [0, 0.1) is 5.92 Å². The average molecular weight is 405 g/mol. The molecule has 1 heterocycles. The van der Waals surface area contributed by atoms with Gasteiger partial charge in [-0.1, -0.05) is 31.9 Å². The summed E-state index contributed by atoms with van der Waals surface area (Å²) in [6, 6.07) is 6.02. The maximum absolute atomic E-state index is 11.6. The highest BCUT2D eigenvalue weighted by Gasteiger charge is 2.42. The molecule has 1 saturated heterocycles. The van der Waals surface area contributed by atoms with Gasteiger partial charge in [-0.05, 0) is 44.5 Å². The van der Waals surface area contributed by atoms with Gasteiger partial charge >= 0.3 is 5.97 Å². The van der Waals surface area contributed by atoms with Crippen molar-refractivity contribution in [3.63, 3.8) is 0 Å². The summed E-state index contributed by atoms with van der Waals surface area (Å²) in [5, 5.41) is 9.52. The average Bonchev–Trinajstić information content (AvgIpc) is 2.71. The number of carboxylic acids is 1. The third-order valence-electron chi connectivity index (χ3n) is 3.90. The van der Waals surface area contributed by atoms with Crippen LogP contribution in [0.3, 0.4) is 0 Å². The van der Waals surface area contributed by atoms with E-state index >= 15 is 0 Å². The number of rotatable bonds is 2. The first-order valence-electron chi connectivity index (χ1n) is 6.62. The molecule has 20 heavy (non-hydrogen) atoms. The standard InChI is InChI=1S/C15H19Br2NO2/c1-15(2,3)18-7-12(13(8-18)14(19)20)9-4-10(16)6-11(17)5-9/h4-6,12-13H,7-8H2,1-3H3,(H,19,20)/t12-,13+/m1/s1. The van der Waals surface area contributed by atoms with Crippen LogP contribution in [0.4, 0.5) is 0 Å². The molecule has 1 aliphatic heterocycles. The summed E-state index contributed by atoms with van der Waals surface area (Å²) in [7, 11) is 0. The van der Waals surface area contributed by atoms with E-state index in [-0.39, 0.29) is 17.4 Å². The second-order valence-corrected chi connectivity index (χ2v) is 8.16. The molecule has 2 atom stereocenters. The van der Waals surface area contributed by atoms with E-state index in [2.05, 4.69) is 57.5 Å². The number of hydrogen-bond donors (Lipinski definition) is 1. The number of likely N-dealkylation sites (tertiary alicyclic amines) is 1. The van der Waals surface area contributed by atoms with Crippen molar-refractivity contribution < 1.29 is 9.90 Å². The van der Waals surface area contributed by atoms with Crippen LogP contribution in [0.15, 0.2) is 27.1 Å². The van der Waals surface area contributed by atoms with Gasteiger partial charge in [0, 0.05) is 33.5 Å². The Morgan fingerprint density at radius 2 is 1.75 bits per heavy atom. The van der Waals surface area contributed by atoms with E-state index in [0.29, 0.717) is 6.54 Å². The van der Waals surface area contributed by atoms with Crippen molar-refractivity contribution in [1.82, 2.24) is 4.90 Å². The van der Waals surface area contributed by atoms with Crippen LogP contribution in [0.5, 0.6) is 0 Å². The van der Waals surface area contributed by atoms with Crippen LogP contribution >= 0.6 is 31.9 Å². The van der Waals surface area contributed by atoms with Crippen molar-refractivity contribution in [2.75, 3.05) is 13.1 Å². The first-order chi connectivity index (χ1) is 9.18. The highest BCUT2D eigenvalue weighted by atomic mass is 79.9. The van der Waals surface area contributed by atoms with Gasteiger partial charge in [0.15, 0.2) is 0 Å². The summed E-state index contributed by atoms with van der Waals surface area (Å²) < 4.78 is 1.94. The molecule has 0 spiro atoms. The Hall–Kier alpha value is -0.390. The maximum Gasteiger partial charge on any atom is 0.308 e. The van der Waals surface area contributed by atoms with E-state index in [9.17, 15) is 9.90 Å². The lowest BCUT2D eigenvalue weighted by Gasteiger charge is -2.31. The van der Waals surface area contributed by atoms with Crippen LogP contribution in [-0.2, 0) is 4.79 Å². The molecular weight excluding hydrogens is 386 g/mol. The minimum Gasteiger partial charge on any atom is -0.481 e. The van der Waals surface area contributed by atoms with Gasteiger partial charge in [0.05, 0.1) is 5.92 Å². The van der Waals surface area contributed by atoms with Crippen molar-refractivity contribution in [3.8, 4) is 0 Å². The van der Waals surface area contributed by atoms with Gasteiger partial charge in [0.1, 0.15) is 0 Å². The van der Waals surface area contributed by atoms with Gasteiger partial charge in [-0.25, -0.2) is 0 Å². The Bertz CT molecular complexity index is 505. The van der Waals surface area contributed by atoms with Crippen molar-refractivity contribution in [2.45, 2.75) is 32.2 Å². The molecule has 5 heteroatoms. The summed E-state index contributed by atoms with van der Waals surface area (Å²) in [6.07, 6.45) is 0. The smallest absolute Gasteiger partial charge is 0.308 e. The summed E-state index contributed by atoms with van der Waals surface area (Å²) >= 11 is 6.96. The maximum atomic E-state index is 11.6. The number of hydrogen-bond acceptors (Lipinski definition) is 2. The minimum atomic E-state index is -0.710. The van der Waals surface area contributed by atoms with Crippen molar-refractivity contribution in [2.24, 2.45) is 5.92 Å². The zero-order valence-corrected chi connectivity index (χ0v) is 15.0. The molecule has 110 valence electrons. The molecule has 0 bridgehead atoms. The summed E-state index contributed by atoms with van der Waals surface area (Å²) in [5.74, 6) is -1.03. The first-order valence-corrected chi connectivity index (χ1v) is 8.21. The van der Waals surface area contributed by atoms with Crippen LogP contribution in [-0.4, -0.2) is 34.6 Å². The predicted molar refractivity (Wildman–Crippen MR) is 87.0 cm³/mol. The molecule has 1 aromatic carbocycles. The molecule has 3 nitrogen and oxygen atoms in total. The molecule has 0 saturated carbocycles. The molecule has 0 radical (unpaired) electrons. The Morgan fingerprint density at radius 1 is 1.20 bits per heavy atom. The fourth-order valence-corrected chi connectivity index (χ4v) is 4.06. The van der Waals surface area contributed by atoms with Gasteiger partial charge in [-0.2, -0.15) is 0 Å². The normalized spacial score (nSPS) is 24.1. The van der Waals surface area contributed by atoms with Gasteiger partial charge < -0.3 is 5.11 Å². The SMILES string of the molecule is CC(C)(C)N1C[C@H](C(=O)O)[C@@H](c2cc(Br)cc(Br)c2)C1. The quantitative estimate of drug-likeness (QED) is 0.806. The molecule has 2 rings (SSSR count). The lowest BCUT2D eigenvalue weighted by atomic mass is 9.89. The Morgan fingerprint density at radius 3 is 2.20 bits per heavy atom. The van der Waals surface area contributed by atoms with Crippen LogP contribution in [0.1, 0.15) is 32.3 Å². The van der Waals surface area contributed by atoms with Gasteiger partial charge in [0.25, 0.3) is 0 Å². The first kappa shape index (κ1) is 16.0. The summed E-state index contributed by atoms with van der Waals surface area (Å²) in [6.45, 7) is 7.78. The number of carbonyl (C=O) groups is 1. The molecule has 1 N–H and O–H groups in total. The molecule has 1 aromatic rings. The fraction of sp³-hybridized carbons (Fsp3) is 0.533. The molecule has 1 aliphatic rings. The second-order valence-electron chi connectivity index (χ2n) is 6.33. The van der Waals surface area contributed by atoms with Crippen molar-refractivity contribution in [1.29, 1.82) is 0 Å². The Kier molecular flexibility index (Phi) is 4.62. The van der Waals surface area contributed by atoms with Crippen LogP contribution < -0.4 is 0 Å². The largest absolute Gasteiger partial charge is 0.481 e. The topological polar surface area (TPSA) is 40.5 Å². The minimum absolute atomic E-state index is 0.00824. The van der Waals surface area contributed by atoms with Gasteiger partial charge in [-0.3, -0.25) is 9.69 Å². The second kappa shape index (κ2) is 5.78. The number of halogens is 2. The van der Waals surface area contributed by atoms with Crippen LogP contribution in [0.25, 0.3) is 0 Å². The summed E-state index contributed by atoms with van der Waals surface area (Å²) in [5.41, 5.74) is 1.07. The van der Waals surface area contributed by atoms with Crippen molar-refractivity contribution >= 4 is 37.8 Å². The molecule has 0 aromatic heterocycles. The highest BCUT2D eigenvalue weighted by Crippen LogP contribution is 2.38. The number of carboxylic acid groups (broad SMARTS) is 1. The van der Waals surface area contributed by atoms with Gasteiger partial charge in [-0.15, -0.1) is 0 Å². The van der Waals surface area contributed by atoms with E-state index in [1.165, 1.54) is 0 Å². The van der Waals surface area contributed by atoms with Gasteiger partial charge in [0.2, 0.25) is 0 Å². The zero-order chi connectivity index (χ0) is 15.1. The fourth-order valence-electron chi connectivity index (χ4n) is 2.73. The zero-order valence-electron chi connectivity index (χ0n) is 11.9. The molecular formula is C15H19Br2NO2. The monoisotopic (exact) mass is 403 g/mol. The Balaban J connectivity index is 2.35. The van der Waals surface area contributed by atoms with E-state index < -0.39 is 5.97 Å². The van der Waals surface area contributed by atoms with Crippen LogP contribution in [0.2, 0.25) is 0 Å². The van der Waals surface area contributed by atoms with E-state index in [0.717, 1.165) is 21.1 Å². The highest BCUT2D eigenvalue weighted by molar-refractivity contribution is 9.11. The molecule has 0 amide bonds. The predicted octanol–water partition coefficient (Wildman–Crippen LogP) is 4.11. The van der Waals surface area contributed by atoms with Crippen molar-refractivity contribution in [3.05, 3.63) is 32.7 Å².